The summed E-state index contributed by atoms with van der Waals surface area (Å²) in [5.74, 6) is -0.181. The summed E-state index contributed by atoms with van der Waals surface area (Å²) < 4.78 is 0. The van der Waals surface area contributed by atoms with Crippen molar-refractivity contribution in [2.24, 2.45) is 0 Å². The van der Waals surface area contributed by atoms with Gasteiger partial charge in [-0.25, -0.2) is 0 Å². The van der Waals surface area contributed by atoms with Crippen LogP contribution in [0.4, 0.5) is 0 Å². The van der Waals surface area contributed by atoms with Crippen molar-refractivity contribution >= 4 is 35.0 Å². The Morgan fingerprint density at radius 2 is 1.69 bits per heavy atom. The van der Waals surface area contributed by atoms with Gasteiger partial charge in [-0.1, -0.05) is 80.7 Å². The second-order valence-corrected chi connectivity index (χ2v) is 8.84. The Balaban J connectivity index is 2.19. The number of rotatable bonds is 12. The number of nitrogens with one attached hydrogen (secondary N) is 1. The second kappa shape index (κ2) is 13.5. The van der Waals surface area contributed by atoms with Gasteiger partial charge in [0.05, 0.1) is 0 Å². The molecule has 1 N–H and O–H groups in total. The van der Waals surface area contributed by atoms with E-state index in [1.807, 2.05) is 13.0 Å². The SMILES string of the molecule is CCCCNC(=O)C(CC)N(Cc1ccc(Cl)cc1Cl)C(=O)CCc1ccc(CC)cc1. The summed E-state index contributed by atoms with van der Waals surface area (Å²) in [6, 6.07) is 13.0. The molecule has 0 saturated carbocycles. The fourth-order valence-electron chi connectivity index (χ4n) is 3.60. The normalized spacial score (nSPS) is 11.8. The van der Waals surface area contributed by atoms with E-state index in [0.717, 1.165) is 30.4 Å². The van der Waals surface area contributed by atoms with Gasteiger partial charge in [0, 0.05) is 29.6 Å². The van der Waals surface area contributed by atoms with Crippen LogP contribution in [0.3, 0.4) is 0 Å². The maximum atomic E-state index is 13.3. The molecule has 0 fully saturated rings. The van der Waals surface area contributed by atoms with Gasteiger partial charge in [-0.3, -0.25) is 9.59 Å². The zero-order chi connectivity index (χ0) is 23.5. The van der Waals surface area contributed by atoms with Crippen molar-refractivity contribution < 1.29 is 9.59 Å². The van der Waals surface area contributed by atoms with Gasteiger partial charge in [-0.15, -0.1) is 0 Å². The summed E-state index contributed by atoms with van der Waals surface area (Å²) in [4.78, 5) is 27.9. The number of unbranched alkanes of at least 4 members (excludes halogenated alkanes) is 1. The third-order valence-electron chi connectivity index (χ3n) is 5.63. The van der Waals surface area contributed by atoms with Gasteiger partial charge in [0.1, 0.15) is 6.04 Å². The quantitative estimate of drug-likeness (QED) is 0.370. The molecule has 0 aliphatic rings. The Kier molecular flexibility index (Phi) is 11.1. The van der Waals surface area contributed by atoms with Crippen molar-refractivity contribution in [1.82, 2.24) is 10.2 Å². The Labute approximate surface area is 202 Å². The number of benzene rings is 2. The van der Waals surface area contributed by atoms with Crippen LogP contribution in [0.2, 0.25) is 10.0 Å². The van der Waals surface area contributed by atoms with Crippen molar-refractivity contribution in [3.63, 3.8) is 0 Å². The van der Waals surface area contributed by atoms with Gasteiger partial charge in [0.15, 0.2) is 0 Å². The van der Waals surface area contributed by atoms with Gasteiger partial charge in [-0.2, -0.15) is 0 Å². The summed E-state index contributed by atoms with van der Waals surface area (Å²) in [5.41, 5.74) is 3.16. The lowest BCUT2D eigenvalue weighted by molar-refractivity contribution is -0.141. The highest BCUT2D eigenvalue weighted by molar-refractivity contribution is 6.35. The van der Waals surface area contributed by atoms with E-state index in [2.05, 4.69) is 43.4 Å². The molecule has 4 nitrogen and oxygen atoms in total. The first kappa shape index (κ1) is 26.2. The van der Waals surface area contributed by atoms with Crippen molar-refractivity contribution in [3.8, 4) is 0 Å². The second-order valence-electron chi connectivity index (χ2n) is 8.00. The van der Waals surface area contributed by atoms with Crippen molar-refractivity contribution in [2.75, 3.05) is 6.54 Å². The first-order chi connectivity index (χ1) is 15.4. The minimum absolute atomic E-state index is 0.0620. The summed E-state index contributed by atoms with van der Waals surface area (Å²) in [6.07, 6.45) is 4.38. The van der Waals surface area contributed by atoms with E-state index in [1.165, 1.54) is 5.56 Å². The molecule has 2 amide bonds. The lowest BCUT2D eigenvalue weighted by atomic mass is 10.0. The van der Waals surface area contributed by atoms with E-state index in [9.17, 15) is 9.59 Å². The van der Waals surface area contributed by atoms with Crippen LogP contribution in [0.5, 0.6) is 0 Å². The molecule has 0 aliphatic heterocycles. The Morgan fingerprint density at radius 3 is 2.28 bits per heavy atom. The average Bonchev–Trinajstić information content (AvgIpc) is 2.79. The van der Waals surface area contributed by atoms with E-state index in [-0.39, 0.29) is 18.4 Å². The summed E-state index contributed by atoms with van der Waals surface area (Å²) in [6.45, 7) is 7.00. The topological polar surface area (TPSA) is 49.4 Å². The fraction of sp³-hybridized carbons (Fsp3) is 0.462. The van der Waals surface area contributed by atoms with Crippen LogP contribution in [0.1, 0.15) is 63.1 Å². The molecule has 0 spiro atoms. The molecule has 1 unspecified atom stereocenters. The van der Waals surface area contributed by atoms with E-state index in [4.69, 9.17) is 23.2 Å². The van der Waals surface area contributed by atoms with Crippen molar-refractivity contribution in [2.45, 2.75) is 71.9 Å². The minimum atomic E-state index is -0.548. The Morgan fingerprint density at radius 1 is 1.00 bits per heavy atom. The molecule has 0 heterocycles. The number of halogens is 2. The lowest BCUT2D eigenvalue weighted by Crippen LogP contribution is -2.49. The number of amides is 2. The smallest absolute Gasteiger partial charge is 0.242 e. The van der Waals surface area contributed by atoms with Crippen LogP contribution >= 0.6 is 23.2 Å². The molecule has 0 bridgehead atoms. The summed E-state index contributed by atoms with van der Waals surface area (Å²) in [7, 11) is 0. The van der Waals surface area contributed by atoms with E-state index in [1.54, 1.807) is 17.0 Å². The number of carbonyl (C=O) groups excluding carboxylic acids is 2. The maximum absolute atomic E-state index is 13.3. The van der Waals surface area contributed by atoms with Gasteiger partial charge in [0.25, 0.3) is 0 Å². The molecule has 6 heteroatoms. The molecule has 2 aromatic carbocycles. The Bertz CT molecular complexity index is 884. The third kappa shape index (κ3) is 7.83. The number of nitrogens with zero attached hydrogens (tertiary/aromatic N) is 1. The first-order valence-electron chi connectivity index (χ1n) is 11.5. The van der Waals surface area contributed by atoms with Crippen LogP contribution in [-0.2, 0) is 29.0 Å². The van der Waals surface area contributed by atoms with Crippen LogP contribution < -0.4 is 5.32 Å². The molecular formula is C26H34Cl2N2O2. The Hall–Kier alpha value is -2.04. The summed E-state index contributed by atoms with van der Waals surface area (Å²) >= 11 is 12.4. The summed E-state index contributed by atoms with van der Waals surface area (Å²) in [5, 5.41) is 4.01. The molecule has 0 aliphatic carbocycles. The number of hydrogen-bond acceptors (Lipinski definition) is 2. The molecule has 0 aromatic heterocycles. The van der Waals surface area contributed by atoms with Crippen LogP contribution in [-0.4, -0.2) is 29.3 Å². The predicted octanol–water partition coefficient (Wildman–Crippen LogP) is 6.21. The highest BCUT2D eigenvalue weighted by Gasteiger charge is 2.28. The van der Waals surface area contributed by atoms with E-state index < -0.39 is 6.04 Å². The molecule has 0 saturated heterocycles. The molecule has 1 atom stereocenters. The van der Waals surface area contributed by atoms with Crippen molar-refractivity contribution in [3.05, 3.63) is 69.2 Å². The van der Waals surface area contributed by atoms with Gasteiger partial charge in [-0.05, 0) is 54.5 Å². The van der Waals surface area contributed by atoms with Crippen LogP contribution in [0.25, 0.3) is 0 Å². The number of carbonyl (C=O) groups is 2. The zero-order valence-corrected chi connectivity index (χ0v) is 20.8. The zero-order valence-electron chi connectivity index (χ0n) is 19.3. The van der Waals surface area contributed by atoms with E-state index >= 15 is 0 Å². The minimum Gasteiger partial charge on any atom is -0.354 e. The van der Waals surface area contributed by atoms with Crippen molar-refractivity contribution in [1.29, 1.82) is 0 Å². The van der Waals surface area contributed by atoms with Crippen LogP contribution in [0.15, 0.2) is 42.5 Å². The lowest BCUT2D eigenvalue weighted by Gasteiger charge is -2.31. The molecule has 0 radical (unpaired) electrons. The highest BCUT2D eigenvalue weighted by Crippen LogP contribution is 2.24. The van der Waals surface area contributed by atoms with E-state index in [0.29, 0.717) is 35.9 Å². The fourth-order valence-corrected chi connectivity index (χ4v) is 4.06. The monoisotopic (exact) mass is 476 g/mol. The maximum Gasteiger partial charge on any atom is 0.242 e. The van der Waals surface area contributed by atoms with Crippen LogP contribution in [0, 0.1) is 0 Å². The standard InChI is InChI=1S/C26H34Cl2N2O2/c1-4-7-16-29-26(32)24(6-3)30(18-21-13-14-22(27)17-23(21)28)25(31)15-12-20-10-8-19(5-2)9-11-20/h8-11,13-14,17,24H,4-7,12,15-16,18H2,1-3H3,(H,29,32). The third-order valence-corrected chi connectivity index (χ3v) is 6.22. The molecular weight excluding hydrogens is 443 g/mol. The van der Waals surface area contributed by atoms with Gasteiger partial charge >= 0.3 is 0 Å². The molecule has 2 aromatic rings. The number of hydrogen-bond donors (Lipinski definition) is 1. The molecule has 174 valence electrons. The van der Waals surface area contributed by atoms with Gasteiger partial charge in [0.2, 0.25) is 11.8 Å². The number of aryl methyl sites for hydroxylation is 2. The molecule has 32 heavy (non-hydrogen) atoms. The largest absolute Gasteiger partial charge is 0.354 e. The first-order valence-corrected chi connectivity index (χ1v) is 12.2. The van der Waals surface area contributed by atoms with Gasteiger partial charge < -0.3 is 10.2 Å². The molecule has 2 rings (SSSR count). The average molecular weight is 477 g/mol. The predicted molar refractivity (Wildman–Crippen MR) is 133 cm³/mol. The highest BCUT2D eigenvalue weighted by atomic mass is 35.5.